The number of amides is 2. The van der Waals surface area contributed by atoms with Gasteiger partial charge in [0.1, 0.15) is 18.6 Å². The van der Waals surface area contributed by atoms with Crippen LogP contribution in [0.15, 0.2) is 48.5 Å². The lowest BCUT2D eigenvalue weighted by atomic mass is 9.99. The molecule has 32 heavy (non-hydrogen) atoms. The van der Waals surface area contributed by atoms with Crippen LogP contribution in [0.3, 0.4) is 0 Å². The van der Waals surface area contributed by atoms with Crippen molar-refractivity contribution in [2.75, 3.05) is 32.8 Å². The van der Waals surface area contributed by atoms with Gasteiger partial charge in [-0.2, -0.15) is 5.26 Å². The predicted octanol–water partition coefficient (Wildman–Crippen LogP) is 2.04. The monoisotopic (exact) mass is 434 g/mol. The first-order chi connectivity index (χ1) is 15.5. The fourth-order valence-electron chi connectivity index (χ4n) is 4.13. The second kappa shape index (κ2) is 11.4. The molecule has 2 N–H and O–H groups in total. The first-order valence-electron chi connectivity index (χ1n) is 10.9. The van der Waals surface area contributed by atoms with E-state index in [0.717, 1.165) is 22.3 Å². The Labute approximate surface area is 189 Å². The molecule has 1 aliphatic rings. The topological polar surface area (TPSA) is 94.5 Å². The molecule has 2 aromatic carbocycles. The summed E-state index contributed by atoms with van der Waals surface area (Å²) in [5, 5.41) is 14.4. The molecule has 0 bridgehead atoms. The fraction of sp³-hybridized carbons (Fsp3) is 0.400. The van der Waals surface area contributed by atoms with Gasteiger partial charge in [0.2, 0.25) is 11.8 Å². The van der Waals surface area contributed by atoms with Crippen LogP contribution in [-0.4, -0.2) is 55.6 Å². The summed E-state index contributed by atoms with van der Waals surface area (Å²) in [7, 11) is 0. The normalized spacial score (nSPS) is 15.9. The van der Waals surface area contributed by atoms with E-state index in [1.54, 1.807) is 0 Å². The summed E-state index contributed by atoms with van der Waals surface area (Å²) in [6, 6.07) is 16.3. The van der Waals surface area contributed by atoms with Gasteiger partial charge in [-0.15, -0.1) is 0 Å². The van der Waals surface area contributed by atoms with Gasteiger partial charge in [0.25, 0.3) is 0 Å². The summed E-state index contributed by atoms with van der Waals surface area (Å²) < 4.78 is 5.46. The molecule has 7 nitrogen and oxygen atoms in total. The highest BCUT2D eigenvalue weighted by molar-refractivity contribution is 5.90. The molecule has 2 aromatic rings. The average Bonchev–Trinajstić information content (AvgIpc) is 2.78. The van der Waals surface area contributed by atoms with E-state index in [4.69, 9.17) is 10.00 Å². The lowest BCUT2D eigenvalue weighted by Gasteiger charge is -2.34. The van der Waals surface area contributed by atoms with Crippen molar-refractivity contribution in [1.29, 1.82) is 5.26 Å². The summed E-state index contributed by atoms with van der Waals surface area (Å²) in [6.07, 6.45) is 0.343. The zero-order chi connectivity index (χ0) is 22.9. The van der Waals surface area contributed by atoms with Crippen LogP contribution in [0.2, 0.25) is 0 Å². The number of aryl methyl sites for hydroxylation is 2. The van der Waals surface area contributed by atoms with Crippen molar-refractivity contribution >= 4 is 11.8 Å². The van der Waals surface area contributed by atoms with Crippen LogP contribution in [0.4, 0.5) is 0 Å². The summed E-state index contributed by atoms with van der Waals surface area (Å²) in [5.41, 5.74) is 4.02. The Balaban J connectivity index is 1.85. The van der Waals surface area contributed by atoms with Gasteiger partial charge < -0.3 is 15.4 Å². The SMILES string of the molecule is Cc1cc(C)cc(CC(NC(=O)C(c2ccccc2)N2CCOCC2)C(=O)NCC#N)c1. The van der Waals surface area contributed by atoms with Gasteiger partial charge in [0.15, 0.2) is 0 Å². The Morgan fingerprint density at radius 2 is 1.72 bits per heavy atom. The van der Waals surface area contributed by atoms with Crippen molar-refractivity contribution in [3.05, 3.63) is 70.8 Å². The molecule has 1 heterocycles. The van der Waals surface area contributed by atoms with Crippen LogP contribution in [0, 0.1) is 25.2 Å². The molecule has 0 aromatic heterocycles. The summed E-state index contributed by atoms with van der Waals surface area (Å²) in [5.74, 6) is -0.604. The molecule has 7 heteroatoms. The first kappa shape index (κ1) is 23.5. The van der Waals surface area contributed by atoms with Crippen LogP contribution in [0.25, 0.3) is 0 Å². The van der Waals surface area contributed by atoms with Gasteiger partial charge in [-0.25, -0.2) is 0 Å². The Kier molecular flexibility index (Phi) is 8.37. The molecule has 0 spiro atoms. The van der Waals surface area contributed by atoms with E-state index in [2.05, 4.69) is 21.6 Å². The predicted molar refractivity (Wildman–Crippen MR) is 122 cm³/mol. The number of hydrogen-bond donors (Lipinski definition) is 2. The molecule has 1 saturated heterocycles. The highest BCUT2D eigenvalue weighted by Crippen LogP contribution is 2.22. The summed E-state index contributed by atoms with van der Waals surface area (Å²) >= 11 is 0. The van der Waals surface area contributed by atoms with Crippen LogP contribution >= 0.6 is 0 Å². The summed E-state index contributed by atoms with van der Waals surface area (Å²) in [4.78, 5) is 28.4. The molecule has 3 rings (SSSR count). The van der Waals surface area contributed by atoms with Crippen molar-refractivity contribution in [3.63, 3.8) is 0 Å². The molecule has 1 fully saturated rings. The molecular formula is C25H30N4O3. The molecule has 0 aliphatic carbocycles. The maximum atomic E-state index is 13.5. The number of benzene rings is 2. The molecule has 0 saturated carbocycles. The van der Waals surface area contributed by atoms with E-state index in [-0.39, 0.29) is 18.4 Å². The second-order valence-corrected chi connectivity index (χ2v) is 8.10. The van der Waals surface area contributed by atoms with Crippen LogP contribution < -0.4 is 10.6 Å². The van der Waals surface area contributed by atoms with E-state index in [0.29, 0.717) is 32.7 Å². The largest absolute Gasteiger partial charge is 0.379 e. The Morgan fingerprint density at radius 1 is 1.06 bits per heavy atom. The Hall–Kier alpha value is -3.21. The van der Waals surface area contributed by atoms with Gasteiger partial charge in [0.05, 0.1) is 19.3 Å². The Morgan fingerprint density at radius 3 is 2.34 bits per heavy atom. The number of nitrogens with zero attached hydrogens (tertiary/aromatic N) is 2. The number of morpholine rings is 1. The maximum absolute atomic E-state index is 13.5. The zero-order valence-electron chi connectivity index (χ0n) is 18.6. The van der Waals surface area contributed by atoms with Crippen molar-refractivity contribution < 1.29 is 14.3 Å². The van der Waals surface area contributed by atoms with Gasteiger partial charge >= 0.3 is 0 Å². The summed E-state index contributed by atoms with van der Waals surface area (Å²) in [6.45, 7) is 6.29. The third kappa shape index (κ3) is 6.39. The van der Waals surface area contributed by atoms with E-state index in [1.807, 2.05) is 62.4 Å². The average molecular weight is 435 g/mol. The third-order valence-electron chi connectivity index (χ3n) is 5.47. The number of nitriles is 1. The van der Waals surface area contributed by atoms with E-state index in [9.17, 15) is 9.59 Å². The number of carbonyl (C=O) groups excluding carboxylic acids is 2. The highest BCUT2D eigenvalue weighted by Gasteiger charge is 2.32. The van der Waals surface area contributed by atoms with Crippen molar-refractivity contribution in [3.8, 4) is 6.07 Å². The smallest absolute Gasteiger partial charge is 0.243 e. The van der Waals surface area contributed by atoms with Crippen molar-refractivity contribution in [2.24, 2.45) is 0 Å². The van der Waals surface area contributed by atoms with E-state index < -0.39 is 12.1 Å². The van der Waals surface area contributed by atoms with Crippen molar-refractivity contribution in [2.45, 2.75) is 32.4 Å². The van der Waals surface area contributed by atoms with Crippen molar-refractivity contribution in [1.82, 2.24) is 15.5 Å². The van der Waals surface area contributed by atoms with Crippen LogP contribution in [-0.2, 0) is 20.7 Å². The maximum Gasteiger partial charge on any atom is 0.243 e. The van der Waals surface area contributed by atoms with Gasteiger partial charge in [-0.3, -0.25) is 14.5 Å². The van der Waals surface area contributed by atoms with E-state index >= 15 is 0 Å². The van der Waals surface area contributed by atoms with Crippen LogP contribution in [0.5, 0.6) is 0 Å². The standard InChI is InChI=1S/C25H30N4O3/c1-18-14-19(2)16-20(15-18)17-22(24(30)27-9-8-26)28-25(31)23(21-6-4-3-5-7-21)29-10-12-32-13-11-29/h3-7,14-16,22-23H,9-13,17H2,1-2H3,(H,27,30)(H,28,31). The second-order valence-electron chi connectivity index (χ2n) is 8.10. The van der Waals surface area contributed by atoms with Gasteiger partial charge in [0, 0.05) is 19.5 Å². The minimum Gasteiger partial charge on any atom is -0.379 e. The fourth-order valence-corrected chi connectivity index (χ4v) is 4.13. The molecule has 0 radical (unpaired) electrons. The highest BCUT2D eigenvalue weighted by atomic mass is 16.5. The molecular weight excluding hydrogens is 404 g/mol. The molecule has 2 atom stereocenters. The quantitative estimate of drug-likeness (QED) is 0.620. The number of rotatable bonds is 8. The molecule has 2 unspecified atom stereocenters. The molecule has 168 valence electrons. The number of nitrogens with one attached hydrogen (secondary N) is 2. The zero-order valence-corrected chi connectivity index (χ0v) is 18.6. The minimum absolute atomic E-state index is 0.108. The molecule has 2 amide bonds. The lowest BCUT2D eigenvalue weighted by molar-refractivity contribution is -0.133. The van der Waals surface area contributed by atoms with Gasteiger partial charge in [-0.05, 0) is 25.0 Å². The van der Waals surface area contributed by atoms with Gasteiger partial charge in [-0.1, -0.05) is 59.7 Å². The number of hydrogen-bond acceptors (Lipinski definition) is 5. The lowest BCUT2D eigenvalue weighted by Crippen LogP contribution is -2.52. The minimum atomic E-state index is -0.788. The Bertz CT molecular complexity index is 945. The third-order valence-corrected chi connectivity index (χ3v) is 5.47. The van der Waals surface area contributed by atoms with Crippen LogP contribution in [0.1, 0.15) is 28.3 Å². The number of carbonyl (C=O) groups is 2. The molecule has 1 aliphatic heterocycles. The number of ether oxygens (including phenoxy) is 1. The van der Waals surface area contributed by atoms with E-state index in [1.165, 1.54) is 0 Å². The first-order valence-corrected chi connectivity index (χ1v) is 10.9.